The quantitative estimate of drug-likeness (QED) is 0.0735. The maximum atomic E-state index is 11.4. The molecule has 1 aliphatic heterocycles. The Balaban J connectivity index is 2.12. The molecule has 0 aromatic heterocycles. The average molecular weight is 554 g/mol. The fourth-order valence-electron chi connectivity index (χ4n) is 4.45. The maximum absolute atomic E-state index is 11.4. The van der Waals surface area contributed by atoms with Crippen molar-refractivity contribution in [2.45, 2.75) is 93.8 Å². The highest BCUT2D eigenvalue weighted by atomic mass is 16.7. The minimum atomic E-state index is -1.30. The lowest BCUT2D eigenvalue weighted by Crippen LogP contribution is -2.66. The second kappa shape index (κ2) is 17.7. The molecule has 0 amide bonds. The van der Waals surface area contributed by atoms with Crippen LogP contribution in [0.2, 0.25) is 0 Å². The van der Waals surface area contributed by atoms with Crippen LogP contribution in [0.25, 0.3) is 0 Å². The van der Waals surface area contributed by atoms with Crippen LogP contribution in [0, 0.1) is 0 Å². The van der Waals surface area contributed by atoms with Crippen molar-refractivity contribution in [2.75, 3.05) is 46.1 Å². The van der Waals surface area contributed by atoms with Crippen LogP contribution in [-0.4, -0.2) is 143 Å². The molecule has 0 saturated heterocycles. The van der Waals surface area contributed by atoms with E-state index in [1.165, 1.54) is 0 Å². The minimum absolute atomic E-state index is 0.0909. The van der Waals surface area contributed by atoms with Gasteiger partial charge in [0.15, 0.2) is 12.6 Å². The Labute approximate surface area is 223 Å². The van der Waals surface area contributed by atoms with Crippen molar-refractivity contribution < 1.29 is 54.7 Å². The van der Waals surface area contributed by atoms with E-state index in [1.807, 2.05) is 6.08 Å². The Bertz CT molecular complexity index is 673. The molecule has 2 aliphatic rings. The highest BCUT2D eigenvalue weighted by molar-refractivity contribution is 5.03. The highest BCUT2D eigenvalue weighted by Crippen LogP contribution is 2.30. The van der Waals surface area contributed by atoms with E-state index in [2.05, 4.69) is 10.6 Å². The minimum Gasteiger partial charge on any atom is -0.468 e. The molecule has 11 N–H and O–H groups in total. The number of hydrogen-bond donors (Lipinski definition) is 10. The van der Waals surface area contributed by atoms with Gasteiger partial charge in [-0.3, -0.25) is 0 Å². The predicted octanol–water partition coefficient (Wildman–Crippen LogP) is -3.77. The van der Waals surface area contributed by atoms with Gasteiger partial charge in [0.05, 0.1) is 51.7 Å². The van der Waals surface area contributed by atoms with E-state index in [-0.39, 0.29) is 46.0 Å². The van der Waals surface area contributed by atoms with Gasteiger partial charge in [-0.05, 0) is 25.3 Å². The van der Waals surface area contributed by atoms with E-state index in [1.54, 1.807) is 6.92 Å². The van der Waals surface area contributed by atoms with Gasteiger partial charge in [-0.1, -0.05) is 6.92 Å². The number of aliphatic hydroxyl groups is 7. The van der Waals surface area contributed by atoms with Crippen LogP contribution in [-0.2, 0) is 18.9 Å². The van der Waals surface area contributed by atoms with Crippen molar-refractivity contribution in [3.63, 3.8) is 0 Å². The smallest absolute Gasteiger partial charge is 0.200 e. The van der Waals surface area contributed by atoms with Crippen LogP contribution >= 0.6 is 0 Å². The van der Waals surface area contributed by atoms with Gasteiger partial charge in [-0.25, -0.2) is 0 Å². The van der Waals surface area contributed by atoms with Gasteiger partial charge < -0.3 is 71.1 Å². The fraction of sp³-hybridized carbons (Fsp3) is 0.917. The van der Waals surface area contributed by atoms with Crippen molar-refractivity contribution >= 4 is 0 Å². The van der Waals surface area contributed by atoms with E-state index in [0.29, 0.717) is 31.6 Å². The van der Waals surface area contributed by atoms with Crippen molar-refractivity contribution in [1.82, 2.24) is 10.6 Å². The van der Waals surface area contributed by atoms with E-state index in [9.17, 15) is 30.6 Å². The molecule has 0 aromatic carbocycles. The third-order valence-electron chi connectivity index (χ3n) is 6.56. The number of hydrogen-bond acceptors (Lipinski definition) is 14. The van der Waals surface area contributed by atoms with E-state index < -0.39 is 61.2 Å². The molecule has 0 bridgehead atoms. The molecule has 224 valence electrons. The first-order valence-electron chi connectivity index (χ1n) is 13.3. The Kier molecular flexibility index (Phi) is 15.4. The molecule has 38 heavy (non-hydrogen) atoms. The Morgan fingerprint density at radius 2 is 1.87 bits per heavy atom. The fourth-order valence-corrected chi connectivity index (χ4v) is 4.45. The van der Waals surface area contributed by atoms with Gasteiger partial charge in [-0.2, -0.15) is 0 Å². The summed E-state index contributed by atoms with van der Waals surface area (Å²) in [5.41, 5.74) is 6.41. The average Bonchev–Trinajstić information content (AvgIpc) is 2.92. The summed E-state index contributed by atoms with van der Waals surface area (Å²) in [6.45, 7) is 0.783. The van der Waals surface area contributed by atoms with E-state index in [4.69, 9.17) is 29.8 Å². The molecule has 14 nitrogen and oxygen atoms in total. The molecule has 2 rings (SSSR count). The zero-order valence-electron chi connectivity index (χ0n) is 22.0. The van der Waals surface area contributed by atoms with Crippen LogP contribution < -0.4 is 16.4 Å². The third kappa shape index (κ3) is 10.2. The van der Waals surface area contributed by atoms with Gasteiger partial charge >= 0.3 is 0 Å². The normalized spacial score (nSPS) is 30.5. The number of nitrogens with one attached hydrogen (secondary N) is 2. The highest BCUT2D eigenvalue weighted by Gasteiger charge is 2.47. The molecule has 1 heterocycles. The van der Waals surface area contributed by atoms with Crippen LogP contribution in [0.4, 0.5) is 0 Å². The lowest BCUT2D eigenvalue weighted by molar-refractivity contribution is -0.270. The molecule has 1 fully saturated rings. The van der Waals surface area contributed by atoms with Crippen LogP contribution in [0.15, 0.2) is 11.8 Å². The number of aliphatic hydroxyl groups excluding tert-OH is 7. The molecule has 1 aliphatic carbocycles. The summed E-state index contributed by atoms with van der Waals surface area (Å²) in [4.78, 5) is 0. The maximum Gasteiger partial charge on any atom is 0.200 e. The first kappa shape index (κ1) is 33.2. The first-order chi connectivity index (χ1) is 18.3. The van der Waals surface area contributed by atoms with Crippen molar-refractivity contribution in [2.24, 2.45) is 5.73 Å². The molecule has 0 spiro atoms. The predicted molar refractivity (Wildman–Crippen MR) is 135 cm³/mol. The Morgan fingerprint density at radius 3 is 2.50 bits per heavy atom. The van der Waals surface area contributed by atoms with Gasteiger partial charge in [-0.15, -0.1) is 0 Å². The van der Waals surface area contributed by atoms with Gasteiger partial charge in [0.25, 0.3) is 0 Å². The summed E-state index contributed by atoms with van der Waals surface area (Å²) in [6.07, 6.45) is -3.41. The number of rotatable bonds is 18. The lowest BCUT2D eigenvalue weighted by atomic mass is 9.83. The van der Waals surface area contributed by atoms with Gasteiger partial charge in [0, 0.05) is 25.0 Å². The Hall–Kier alpha value is -0.980. The van der Waals surface area contributed by atoms with Gasteiger partial charge in [0.2, 0.25) is 0 Å². The molecule has 1 saturated carbocycles. The van der Waals surface area contributed by atoms with E-state index >= 15 is 0 Å². The summed E-state index contributed by atoms with van der Waals surface area (Å²) in [6, 6.07) is -1.98. The van der Waals surface area contributed by atoms with Crippen LogP contribution in [0.3, 0.4) is 0 Å². The summed E-state index contributed by atoms with van der Waals surface area (Å²) < 4.78 is 23.5. The SMILES string of the molecule is CCC(O)C(OCCO)O[C@H]1C(NC(CO)CO)CC(N)[C@@H](O[C@@H]2CCC=C(CNCC(O)CO)O2)C1O. The molecule has 0 aromatic rings. The molecular weight excluding hydrogens is 506 g/mol. The van der Waals surface area contributed by atoms with Gasteiger partial charge in [0.1, 0.15) is 30.2 Å². The first-order valence-corrected chi connectivity index (χ1v) is 13.3. The topological polar surface area (TPSA) is 229 Å². The summed E-state index contributed by atoms with van der Waals surface area (Å²) in [5.74, 6) is 0.592. The monoisotopic (exact) mass is 553 g/mol. The number of nitrogens with two attached hydrogens (primary N) is 1. The van der Waals surface area contributed by atoms with E-state index in [0.717, 1.165) is 0 Å². The molecular formula is C24H47N3O11. The zero-order valence-corrected chi connectivity index (χ0v) is 22.0. The van der Waals surface area contributed by atoms with Crippen molar-refractivity contribution in [1.29, 1.82) is 0 Å². The number of allylic oxidation sites excluding steroid dienone is 1. The van der Waals surface area contributed by atoms with Crippen LogP contribution in [0.5, 0.6) is 0 Å². The molecule has 9 atom stereocenters. The van der Waals surface area contributed by atoms with Crippen molar-refractivity contribution in [3.05, 3.63) is 11.8 Å². The second-order valence-corrected chi connectivity index (χ2v) is 9.63. The molecule has 0 radical (unpaired) electrons. The second-order valence-electron chi connectivity index (χ2n) is 9.63. The third-order valence-corrected chi connectivity index (χ3v) is 6.56. The van der Waals surface area contributed by atoms with Crippen LogP contribution in [0.1, 0.15) is 32.6 Å². The molecule has 14 heteroatoms. The summed E-state index contributed by atoms with van der Waals surface area (Å²) in [7, 11) is 0. The van der Waals surface area contributed by atoms with Crippen molar-refractivity contribution in [3.8, 4) is 0 Å². The summed E-state index contributed by atoms with van der Waals surface area (Å²) in [5, 5.41) is 74.6. The number of ether oxygens (including phenoxy) is 4. The largest absolute Gasteiger partial charge is 0.468 e. The molecule has 6 unspecified atom stereocenters. The zero-order chi connectivity index (χ0) is 28.1. The Morgan fingerprint density at radius 1 is 1.13 bits per heavy atom. The summed E-state index contributed by atoms with van der Waals surface area (Å²) >= 11 is 0. The lowest BCUT2D eigenvalue weighted by Gasteiger charge is -2.46. The standard InChI is InChI=1S/C24H47N3O11/c1-2-19(33)24(35-7-6-28)38-23-18(27-14(11-29)12-30)8-17(25)22(21(23)34)37-20-5-3-4-16(36-20)10-26-9-15(32)13-31/h4,14-15,17-24,26-34H,2-3,5-13,25H2,1H3/t15?,17?,18?,19?,20-,21?,22-,23+,24?/m1/s1.